The van der Waals surface area contributed by atoms with Crippen LogP contribution in [0.3, 0.4) is 0 Å². The van der Waals surface area contributed by atoms with Gasteiger partial charge >= 0.3 is 11.2 Å². The number of nitrogens with two attached hydrogens (primary N) is 1. The second-order valence-electron chi connectivity index (χ2n) is 5.63. The Bertz CT molecular complexity index is 1190. The van der Waals surface area contributed by atoms with E-state index in [1.807, 2.05) is 0 Å². The van der Waals surface area contributed by atoms with E-state index >= 15 is 0 Å². The molecule has 0 aliphatic heterocycles. The molecule has 0 atom stereocenters. The molecular weight excluding hydrogens is 410 g/mol. The minimum atomic E-state index is -0.867. The lowest BCUT2D eigenvalue weighted by Gasteiger charge is -2.24. The number of thiocarbonyl (C=S) groups is 1. The fraction of sp³-hybridized carbons (Fsp3) is 0.0667. The highest BCUT2D eigenvalue weighted by atomic mass is 35.5. The standard InChI is InChI=1S/C15H12ClN7O4S/c1-21-6-7(4-11(14(21)25)23(26)27)13(24)20-22(15(17)28)10-3-2-9-8(12(10)16)5-18-19-9/h2-6H,1H3,(H2,17,28)(H,18,19)(H,20,24). The maximum absolute atomic E-state index is 12.6. The predicted octanol–water partition coefficient (Wildman–Crippen LogP) is 1.22. The molecule has 0 aliphatic rings. The molecule has 28 heavy (non-hydrogen) atoms. The van der Waals surface area contributed by atoms with Gasteiger partial charge < -0.3 is 10.3 Å². The average Bonchev–Trinajstić information content (AvgIpc) is 3.11. The van der Waals surface area contributed by atoms with Crippen LogP contribution in [0.5, 0.6) is 0 Å². The van der Waals surface area contributed by atoms with Crippen LogP contribution in [-0.4, -0.2) is 30.7 Å². The van der Waals surface area contributed by atoms with Crippen LogP contribution in [0.2, 0.25) is 5.02 Å². The number of carbonyl (C=O) groups is 1. The number of pyridine rings is 1. The number of aromatic nitrogens is 3. The number of carbonyl (C=O) groups excluding carboxylic acids is 1. The van der Waals surface area contributed by atoms with Crippen molar-refractivity contribution in [2.45, 2.75) is 0 Å². The number of rotatable bonds is 3. The number of H-pyrrole nitrogens is 1. The van der Waals surface area contributed by atoms with Crippen LogP contribution in [0.25, 0.3) is 10.9 Å². The summed E-state index contributed by atoms with van der Waals surface area (Å²) in [6.45, 7) is 0. The number of aromatic amines is 1. The number of anilines is 1. The molecule has 0 bridgehead atoms. The molecular formula is C15H12ClN7O4S. The van der Waals surface area contributed by atoms with Gasteiger partial charge in [0.05, 0.1) is 32.9 Å². The summed E-state index contributed by atoms with van der Waals surface area (Å²) in [6.07, 6.45) is 2.65. The third-order valence-corrected chi connectivity index (χ3v) is 4.42. The Labute approximate surface area is 166 Å². The quantitative estimate of drug-likeness (QED) is 0.324. The van der Waals surface area contributed by atoms with E-state index in [0.29, 0.717) is 10.9 Å². The van der Waals surface area contributed by atoms with E-state index in [9.17, 15) is 19.7 Å². The van der Waals surface area contributed by atoms with Crippen molar-refractivity contribution in [3.63, 3.8) is 0 Å². The Hall–Kier alpha value is -3.51. The second kappa shape index (κ2) is 7.25. The van der Waals surface area contributed by atoms with Gasteiger partial charge in [-0.3, -0.25) is 30.2 Å². The van der Waals surface area contributed by atoms with Crippen LogP contribution in [0.1, 0.15) is 10.4 Å². The Morgan fingerprint density at radius 2 is 2.21 bits per heavy atom. The zero-order valence-corrected chi connectivity index (χ0v) is 15.7. The molecule has 11 nitrogen and oxygen atoms in total. The van der Waals surface area contributed by atoms with E-state index in [4.69, 9.17) is 29.6 Å². The van der Waals surface area contributed by atoms with E-state index in [2.05, 4.69) is 15.6 Å². The lowest BCUT2D eigenvalue weighted by molar-refractivity contribution is -0.386. The number of fused-ring (bicyclic) bond motifs is 1. The van der Waals surface area contributed by atoms with Gasteiger partial charge in [-0.25, -0.2) is 5.01 Å². The molecule has 0 fully saturated rings. The molecule has 4 N–H and O–H groups in total. The van der Waals surface area contributed by atoms with Crippen LogP contribution in [0, 0.1) is 10.1 Å². The first kappa shape index (κ1) is 19.3. The summed E-state index contributed by atoms with van der Waals surface area (Å²) in [5.41, 5.74) is 7.35. The van der Waals surface area contributed by atoms with E-state index in [-0.39, 0.29) is 21.4 Å². The van der Waals surface area contributed by atoms with Crippen molar-refractivity contribution in [2.24, 2.45) is 12.8 Å². The number of nitrogens with one attached hydrogen (secondary N) is 2. The zero-order valence-electron chi connectivity index (χ0n) is 14.2. The molecule has 13 heteroatoms. The summed E-state index contributed by atoms with van der Waals surface area (Å²) in [5, 5.41) is 19.3. The van der Waals surface area contributed by atoms with Gasteiger partial charge in [-0.15, -0.1) is 0 Å². The smallest absolute Gasteiger partial charge is 0.334 e. The monoisotopic (exact) mass is 421 g/mol. The molecule has 0 spiro atoms. The fourth-order valence-electron chi connectivity index (χ4n) is 2.49. The number of hydrazine groups is 1. The summed E-state index contributed by atoms with van der Waals surface area (Å²) in [7, 11) is 1.29. The van der Waals surface area contributed by atoms with E-state index in [1.165, 1.54) is 13.2 Å². The van der Waals surface area contributed by atoms with Crippen molar-refractivity contribution in [3.05, 3.63) is 61.6 Å². The van der Waals surface area contributed by atoms with E-state index in [0.717, 1.165) is 21.8 Å². The van der Waals surface area contributed by atoms with Crippen molar-refractivity contribution < 1.29 is 9.72 Å². The first-order valence-corrected chi connectivity index (χ1v) is 8.36. The molecule has 1 aromatic carbocycles. The van der Waals surface area contributed by atoms with Gasteiger partial charge in [0, 0.05) is 24.7 Å². The average molecular weight is 422 g/mol. The van der Waals surface area contributed by atoms with Gasteiger partial charge in [0.2, 0.25) is 0 Å². The Kier molecular flexibility index (Phi) is 4.98. The summed E-state index contributed by atoms with van der Waals surface area (Å²) >= 11 is 11.3. The summed E-state index contributed by atoms with van der Waals surface area (Å²) in [5.74, 6) is -0.783. The number of nitrogens with zero attached hydrogens (tertiary/aromatic N) is 4. The Morgan fingerprint density at radius 1 is 1.50 bits per heavy atom. The molecule has 0 radical (unpaired) electrons. The van der Waals surface area contributed by atoms with Gasteiger partial charge in [0.25, 0.3) is 5.91 Å². The lowest BCUT2D eigenvalue weighted by atomic mass is 10.2. The van der Waals surface area contributed by atoms with Crippen LogP contribution in [0.15, 0.2) is 35.4 Å². The minimum absolute atomic E-state index is 0.143. The summed E-state index contributed by atoms with van der Waals surface area (Å²) in [6, 6.07) is 4.10. The first-order valence-electron chi connectivity index (χ1n) is 7.58. The van der Waals surface area contributed by atoms with Crippen molar-refractivity contribution >= 4 is 57.1 Å². The number of hydrogen-bond donors (Lipinski definition) is 3. The Morgan fingerprint density at radius 3 is 2.86 bits per heavy atom. The van der Waals surface area contributed by atoms with Crippen LogP contribution in [-0.2, 0) is 7.05 Å². The van der Waals surface area contributed by atoms with Gasteiger partial charge in [0.1, 0.15) is 0 Å². The number of nitro groups is 1. The third-order valence-electron chi connectivity index (χ3n) is 3.84. The maximum atomic E-state index is 12.6. The largest absolute Gasteiger partial charge is 0.374 e. The molecule has 0 saturated carbocycles. The first-order chi connectivity index (χ1) is 13.2. The van der Waals surface area contributed by atoms with Crippen molar-refractivity contribution in [3.8, 4) is 0 Å². The van der Waals surface area contributed by atoms with Crippen molar-refractivity contribution in [2.75, 3.05) is 5.01 Å². The van der Waals surface area contributed by atoms with Crippen molar-refractivity contribution in [1.29, 1.82) is 0 Å². The topological polar surface area (TPSA) is 152 Å². The summed E-state index contributed by atoms with van der Waals surface area (Å²) < 4.78 is 0.933. The molecule has 1 amide bonds. The van der Waals surface area contributed by atoms with Gasteiger partial charge in [0.15, 0.2) is 5.11 Å². The molecule has 2 heterocycles. The molecule has 144 valence electrons. The molecule has 0 saturated heterocycles. The number of aryl methyl sites for hydroxylation is 1. The SMILES string of the molecule is Cn1cc(C(=O)NN(C(N)=S)c2ccc3[nH]ncc3c2Cl)cc([N+](=O)[O-])c1=O. The van der Waals surface area contributed by atoms with Crippen molar-refractivity contribution in [1.82, 2.24) is 20.2 Å². The van der Waals surface area contributed by atoms with Gasteiger partial charge in [-0.05, 0) is 24.4 Å². The molecule has 3 rings (SSSR count). The zero-order chi connectivity index (χ0) is 20.6. The van der Waals surface area contributed by atoms with Gasteiger partial charge in [-0.2, -0.15) is 5.10 Å². The highest BCUT2D eigenvalue weighted by Gasteiger charge is 2.22. The Balaban J connectivity index is 2.00. The second-order valence-corrected chi connectivity index (χ2v) is 6.43. The van der Waals surface area contributed by atoms with E-state index in [1.54, 1.807) is 12.1 Å². The number of benzene rings is 1. The number of amides is 1. The summed E-state index contributed by atoms with van der Waals surface area (Å²) in [4.78, 5) is 34.6. The molecule has 2 aromatic heterocycles. The normalized spacial score (nSPS) is 10.6. The van der Waals surface area contributed by atoms with Crippen LogP contribution >= 0.6 is 23.8 Å². The van der Waals surface area contributed by atoms with Crippen LogP contribution in [0.4, 0.5) is 11.4 Å². The highest BCUT2D eigenvalue weighted by Crippen LogP contribution is 2.32. The fourth-order valence-corrected chi connectivity index (χ4v) is 2.94. The minimum Gasteiger partial charge on any atom is -0.374 e. The number of hydrogen-bond acceptors (Lipinski definition) is 6. The molecule has 0 aliphatic carbocycles. The highest BCUT2D eigenvalue weighted by molar-refractivity contribution is 7.80. The van der Waals surface area contributed by atoms with E-state index < -0.39 is 22.1 Å². The lowest BCUT2D eigenvalue weighted by Crippen LogP contribution is -2.49. The predicted molar refractivity (Wildman–Crippen MR) is 106 cm³/mol. The number of halogens is 1. The molecule has 3 aromatic rings. The van der Waals surface area contributed by atoms with Crippen LogP contribution < -0.4 is 21.7 Å². The maximum Gasteiger partial charge on any atom is 0.334 e. The van der Waals surface area contributed by atoms with Gasteiger partial charge in [-0.1, -0.05) is 11.6 Å². The third kappa shape index (κ3) is 3.37. The molecule has 0 unspecified atom stereocenters.